The van der Waals surface area contributed by atoms with Gasteiger partial charge < -0.3 is 4.90 Å². The van der Waals surface area contributed by atoms with Crippen molar-refractivity contribution in [2.24, 2.45) is 5.92 Å². The van der Waals surface area contributed by atoms with Crippen molar-refractivity contribution in [1.82, 2.24) is 4.90 Å². The van der Waals surface area contributed by atoms with Gasteiger partial charge in [-0.1, -0.05) is 87.1 Å². The van der Waals surface area contributed by atoms with Crippen LogP contribution in [0.15, 0.2) is 66.9 Å². The summed E-state index contributed by atoms with van der Waals surface area (Å²) in [6.07, 6.45) is 14.8. The van der Waals surface area contributed by atoms with Crippen molar-refractivity contribution in [3.8, 4) is 0 Å². The fourth-order valence-corrected chi connectivity index (χ4v) is 2.72. The number of hydrogen-bond acceptors (Lipinski definition) is 1. The number of hydrogen-bond donors (Lipinski definition) is 0. The van der Waals surface area contributed by atoms with Crippen LogP contribution in [0, 0.1) is 5.92 Å². The molecule has 1 heterocycles. The third-order valence-electron chi connectivity index (χ3n) is 4.33. The lowest BCUT2D eigenvalue weighted by Gasteiger charge is -2.21. The molecule has 1 aromatic rings. The minimum absolute atomic E-state index is 0.527. The molecule has 1 unspecified atom stereocenters. The summed E-state index contributed by atoms with van der Waals surface area (Å²) in [5, 5.41) is 0. The molecule has 1 nitrogen and oxygen atoms in total. The molecule has 0 spiro atoms. The summed E-state index contributed by atoms with van der Waals surface area (Å²) < 4.78 is 0. The molecule has 0 aliphatic carbocycles. The highest BCUT2D eigenvalue weighted by atomic mass is 15.1. The van der Waals surface area contributed by atoms with Crippen LogP contribution < -0.4 is 0 Å². The van der Waals surface area contributed by atoms with Crippen LogP contribution in [0.1, 0.15) is 57.7 Å². The Bertz CT molecular complexity index is 575. The molecule has 0 saturated heterocycles. The molecule has 1 aromatic carbocycles. The molecule has 130 valence electrons. The molecule has 1 aliphatic heterocycles. The molecule has 0 fully saturated rings. The van der Waals surface area contributed by atoms with Crippen molar-refractivity contribution >= 4 is 6.08 Å². The first kappa shape index (κ1) is 20.0. The molecule has 0 amide bonds. The molecule has 0 radical (unpaired) electrons. The van der Waals surface area contributed by atoms with E-state index in [1.165, 1.54) is 23.1 Å². The van der Waals surface area contributed by atoms with E-state index in [1.807, 2.05) is 19.1 Å². The van der Waals surface area contributed by atoms with Gasteiger partial charge in [0.25, 0.3) is 0 Å². The topological polar surface area (TPSA) is 3.24 Å². The van der Waals surface area contributed by atoms with Crippen molar-refractivity contribution in [1.29, 1.82) is 0 Å². The number of nitrogens with zero attached hydrogens (tertiary/aromatic N) is 1. The van der Waals surface area contributed by atoms with Gasteiger partial charge in [-0.3, -0.25) is 0 Å². The van der Waals surface area contributed by atoms with Gasteiger partial charge in [-0.15, -0.1) is 0 Å². The Morgan fingerprint density at radius 2 is 1.96 bits per heavy atom. The molecule has 1 heteroatoms. The molecule has 2 atom stereocenters. The molecule has 0 N–H and O–H groups in total. The predicted octanol–water partition coefficient (Wildman–Crippen LogP) is 6.77. The van der Waals surface area contributed by atoms with Gasteiger partial charge in [0.2, 0.25) is 0 Å². The Labute approximate surface area is 149 Å². The monoisotopic (exact) mass is 323 g/mol. The summed E-state index contributed by atoms with van der Waals surface area (Å²) >= 11 is 0. The fourth-order valence-electron chi connectivity index (χ4n) is 2.72. The molecule has 0 bridgehead atoms. The number of benzene rings is 1. The Morgan fingerprint density at radius 1 is 1.29 bits per heavy atom. The summed E-state index contributed by atoms with van der Waals surface area (Å²) in [6.45, 7) is 12.2. The van der Waals surface area contributed by atoms with Gasteiger partial charge >= 0.3 is 0 Å². The fraction of sp³-hybridized carbons (Fsp3) is 0.391. The zero-order valence-electron chi connectivity index (χ0n) is 16.0. The molecule has 1 aliphatic rings. The minimum Gasteiger partial charge on any atom is -0.373 e. The summed E-state index contributed by atoms with van der Waals surface area (Å²) in [7, 11) is 2.15. The lowest BCUT2D eigenvalue weighted by molar-refractivity contribution is 0.367. The van der Waals surface area contributed by atoms with Crippen molar-refractivity contribution in [3.63, 3.8) is 0 Å². The second kappa shape index (κ2) is 10.7. The van der Waals surface area contributed by atoms with Crippen LogP contribution >= 0.6 is 0 Å². The minimum atomic E-state index is 0.527. The van der Waals surface area contributed by atoms with Crippen LogP contribution in [-0.4, -0.2) is 11.9 Å². The third-order valence-corrected chi connectivity index (χ3v) is 4.33. The van der Waals surface area contributed by atoms with E-state index in [0.29, 0.717) is 12.0 Å². The van der Waals surface area contributed by atoms with Crippen LogP contribution in [0.5, 0.6) is 0 Å². The zero-order valence-corrected chi connectivity index (χ0v) is 16.0. The normalized spacial score (nSPS) is 18.5. The first-order valence-electron chi connectivity index (χ1n) is 8.92. The van der Waals surface area contributed by atoms with E-state index in [1.54, 1.807) is 0 Å². The third kappa shape index (κ3) is 6.62. The first-order valence-corrected chi connectivity index (χ1v) is 8.92. The Kier molecular flexibility index (Phi) is 8.93. The average Bonchev–Trinajstić information content (AvgIpc) is 2.92. The lowest BCUT2D eigenvalue weighted by atomic mass is 10.0. The average molecular weight is 324 g/mol. The number of rotatable bonds is 5. The van der Waals surface area contributed by atoms with Gasteiger partial charge in [0.1, 0.15) is 0 Å². The van der Waals surface area contributed by atoms with E-state index in [0.717, 1.165) is 6.42 Å². The predicted molar refractivity (Wildman–Crippen MR) is 109 cm³/mol. The Hall–Kier alpha value is -2.02. The lowest BCUT2D eigenvalue weighted by Crippen LogP contribution is -2.13. The SMILES string of the molecule is C/C=C/c1ccc(C2CC(C)=CN2C)cc1.C=C/C=C\[C@@H](C)CC. The Balaban J connectivity index is 0.000000307. The first-order chi connectivity index (χ1) is 11.5. The van der Waals surface area contributed by atoms with Crippen molar-refractivity contribution in [3.05, 3.63) is 78.0 Å². The van der Waals surface area contributed by atoms with E-state index in [9.17, 15) is 0 Å². The van der Waals surface area contributed by atoms with E-state index < -0.39 is 0 Å². The second-order valence-electron chi connectivity index (χ2n) is 6.53. The second-order valence-corrected chi connectivity index (χ2v) is 6.53. The summed E-state index contributed by atoms with van der Waals surface area (Å²) in [5.41, 5.74) is 4.14. The van der Waals surface area contributed by atoms with E-state index in [4.69, 9.17) is 0 Å². The van der Waals surface area contributed by atoms with Crippen LogP contribution in [0.4, 0.5) is 0 Å². The highest BCUT2D eigenvalue weighted by Crippen LogP contribution is 2.32. The van der Waals surface area contributed by atoms with Gasteiger partial charge in [-0.05, 0) is 43.5 Å². The maximum atomic E-state index is 3.58. The van der Waals surface area contributed by atoms with Gasteiger partial charge in [0.05, 0.1) is 6.04 Å². The molecule has 0 aromatic heterocycles. The summed E-state index contributed by atoms with van der Waals surface area (Å²) in [5.74, 6) is 0.702. The van der Waals surface area contributed by atoms with Crippen LogP contribution in [0.2, 0.25) is 0 Å². The largest absolute Gasteiger partial charge is 0.373 e. The van der Waals surface area contributed by atoms with Crippen molar-refractivity contribution < 1.29 is 0 Å². The highest BCUT2D eigenvalue weighted by Gasteiger charge is 2.20. The van der Waals surface area contributed by atoms with E-state index in [2.05, 4.69) is 88.0 Å². The smallest absolute Gasteiger partial charge is 0.0571 e. The molecular weight excluding hydrogens is 290 g/mol. The van der Waals surface area contributed by atoms with Crippen molar-refractivity contribution in [2.45, 2.75) is 46.6 Å². The quantitative estimate of drug-likeness (QED) is 0.540. The Morgan fingerprint density at radius 3 is 2.42 bits per heavy atom. The molecule has 2 rings (SSSR count). The van der Waals surface area contributed by atoms with Gasteiger partial charge in [0, 0.05) is 7.05 Å². The standard InChI is InChI=1S/C15H19N.C8H14/c1-4-5-13-6-8-14(9-7-13)15-10-12(2)11-16(15)3;1-4-6-7-8(3)5-2/h4-9,11,15H,10H2,1-3H3;4,6-8H,1,5H2,2-3H3/b5-4+;7-6-/t;8-/m.0/s1. The van der Waals surface area contributed by atoms with E-state index >= 15 is 0 Å². The molecule has 24 heavy (non-hydrogen) atoms. The zero-order chi connectivity index (χ0) is 17.9. The molecular formula is C23H33N. The van der Waals surface area contributed by atoms with Crippen LogP contribution in [0.3, 0.4) is 0 Å². The van der Waals surface area contributed by atoms with Crippen LogP contribution in [-0.2, 0) is 0 Å². The number of allylic oxidation sites excluding steroid dienone is 4. The van der Waals surface area contributed by atoms with E-state index in [-0.39, 0.29) is 0 Å². The maximum Gasteiger partial charge on any atom is 0.0571 e. The summed E-state index contributed by atoms with van der Waals surface area (Å²) in [4.78, 5) is 2.31. The van der Waals surface area contributed by atoms with Gasteiger partial charge in [0.15, 0.2) is 0 Å². The van der Waals surface area contributed by atoms with Crippen molar-refractivity contribution in [2.75, 3.05) is 7.05 Å². The molecule has 0 saturated carbocycles. The summed E-state index contributed by atoms with van der Waals surface area (Å²) in [6, 6.07) is 9.39. The highest BCUT2D eigenvalue weighted by molar-refractivity contribution is 5.49. The van der Waals surface area contributed by atoms with Gasteiger partial charge in [-0.2, -0.15) is 0 Å². The maximum absolute atomic E-state index is 3.58. The van der Waals surface area contributed by atoms with Gasteiger partial charge in [-0.25, -0.2) is 0 Å². The van der Waals surface area contributed by atoms with Crippen LogP contribution in [0.25, 0.3) is 6.08 Å².